The summed E-state index contributed by atoms with van der Waals surface area (Å²) in [5.74, 6) is -0.403. The molecule has 1 atom stereocenters. The van der Waals surface area contributed by atoms with Gasteiger partial charge in [0, 0.05) is 12.2 Å². The number of nitrogens with one attached hydrogen (secondary N) is 1. The number of aryl methyl sites for hydroxylation is 2. The predicted octanol–water partition coefficient (Wildman–Crippen LogP) is 1.64. The maximum absolute atomic E-state index is 10.9. The Morgan fingerprint density at radius 2 is 2.18 bits per heavy atom. The van der Waals surface area contributed by atoms with Crippen LogP contribution in [0.1, 0.15) is 17.5 Å². The van der Waals surface area contributed by atoms with Crippen molar-refractivity contribution in [3.8, 4) is 0 Å². The van der Waals surface area contributed by atoms with E-state index in [1.807, 2.05) is 32.0 Å². The topological polar surface area (TPSA) is 58.6 Å². The van der Waals surface area contributed by atoms with Crippen molar-refractivity contribution < 1.29 is 14.6 Å². The third-order valence-corrected chi connectivity index (χ3v) is 2.55. The van der Waals surface area contributed by atoms with Gasteiger partial charge >= 0.3 is 5.97 Å². The molecule has 0 aliphatic heterocycles. The van der Waals surface area contributed by atoms with E-state index in [-0.39, 0.29) is 6.42 Å². The summed E-state index contributed by atoms with van der Waals surface area (Å²) in [5, 5.41) is 12.7. The molecule has 0 heterocycles. The van der Waals surface area contributed by atoms with E-state index in [0.717, 1.165) is 16.8 Å². The minimum absolute atomic E-state index is 0.00830. The van der Waals surface area contributed by atoms with Crippen molar-refractivity contribution in [2.75, 3.05) is 19.0 Å². The fourth-order valence-corrected chi connectivity index (χ4v) is 1.50. The Morgan fingerprint density at radius 3 is 2.82 bits per heavy atom. The van der Waals surface area contributed by atoms with Crippen LogP contribution in [-0.2, 0) is 9.53 Å². The molecule has 0 aliphatic carbocycles. The Labute approximate surface area is 102 Å². The minimum Gasteiger partial charge on any atom is -0.469 e. The van der Waals surface area contributed by atoms with Crippen molar-refractivity contribution in [3.63, 3.8) is 0 Å². The molecule has 0 radical (unpaired) electrons. The summed E-state index contributed by atoms with van der Waals surface area (Å²) in [6.07, 6.45) is -0.726. The molecule has 0 aliphatic rings. The number of carbonyl (C=O) groups excluding carboxylic acids is 1. The van der Waals surface area contributed by atoms with E-state index < -0.39 is 12.1 Å². The van der Waals surface area contributed by atoms with Crippen molar-refractivity contribution in [2.24, 2.45) is 0 Å². The van der Waals surface area contributed by atoms with E-state index in [1.165, 1.54) is 7.11 Å². The zero-order valence-corrected chi connectivity index (χ0v) is 10.5. The summed E-state index contributed by atoms with van der Waals surface area (Å²) in [4.78, 5) is 10.9. The normalized spacial score (nSPS) is 12.0. The van der Waals surface area contributed by atoms with Crippen LogP contribution < -0.4 is 5.32 Å². The smallest absolute Gasteiger partial charge is 0.308 e. The van der Waals surface area contributed by atoms with Crippen LogP contribution in [-0.4, -0.2) is 30.8 Å². The summed E-state index contributed by atoms with van der Waals surface area (Å²) in [5.41, 5.74) is 3.25. The molecule has 0 aromatic heterocycles. The molecule has 0 saturated carbocycles. The summed E-state index contributed by atoms with van der Waals surface area (Å²) < 4.78 is 4.49. The van der Waals surface area contributed by atoms with Crippen LogP contribution in [0.4, 0.5) is 5.69 Å². The van der Waals surface area contributed by atoms with Crippen molar-refractivity contribution in [3.05, 3.63) is 29.3 Å². The number of anilines is 1. The molecule has 1 rings (SSSR count). The number of hydrogen-bond acceptors (Lipinski definition) is 4. The second-order valence-electron chi connectivity index (χ2n) is 4.13. The highest BCUT2D eigenvalue weighted by Crippen LogP contribution is 2.16. The Hall–Kier alpha value is -1.55. The standard InChI is InChI=1S/C13H19NO3/c1-9-4-5-10(2)12(6-9)14-8-11(15)7-13(16)17-3/h4-6,11,14-15H,7-8H2,1-3H3. The van der Waals surface area contributed by atoms with Gasteiger partial charge in [0.2, 0.25) is 0 Å². The molecule has 94 valence electrons. The van der Waals surface area contributed by atoms with Crippen molar-refractivity contribution >= 4 is 11.7 Å². The van der Waals surface area contributed by atoms with Gasteiger partial charge in [-0.25, -0.2) is 0 Å². The lowest BCUT2D eigenvalue weighted by molar-refractivity contribution is -0.142. The SMILES string of the molecule is COC(=O)CC(O)CNc1cc(C)ccc1C. The number of rotatable bonds is 5. The second-order valence-corrected chi connectivity index (χ2v) is 4.13. The molecule has 0 fully saturated rings. The number of aliphatic hydroxyl groups excluding tert-OH is 1. The maximum Gasteiger partial charge on any atom is 0.308 e. The number of hydrogen-bond donors (Lipinski definition) is 2. The van der Waals surface area contributed by atoms with Crippen LogP contribution >= 0.6 is 0 Å². The van der Waals surface area contributed by atoms with Gasteiger partial charge in [-0.15, -0.1) is 0 Å². The summed E-state index contributed by atoms with van der Waals surface area (Å²) in [7, 11) is 1.31. The van der Waals surface area contributed by atoms with E-state index in [2.05, 4.69) is 10.1 Å². The molecule has 0 saturated heterocycles. The van der Waals surface area contributed by atoms with E-state index in [0.29, 0.717) is 6.54 Å². The Bertz CT molecular complexity index is 390. The van der Waals surface area contributed by atoms with Crippen molar-refractivity contribution in [1.82, 2.24) is 0 Å². The lowest BCUT2D eigenvalue weighted by Gasteiger charge is -2.14. The third-order valence-electron chi connectivity index (χ3n) is 2.55. The van der Waals surface area contributed by atoms with Gasteiger partial charge in [0.05, 0.1) is 19.6 Å². The van der Waals surface area contributed by atoms with Gasteiger partial charge in [0.15, 0.2) is 0 Å². The van der Waals surface area contributed by atoms with Crippen LogP contribution in [0.3, 0.4) is 0 Å². The van der Waals surface area contributed by atoms with Crippen molar-refractivity contribution in [2.45, 2.75) is 26.4 Å². The maximum atomic E-state index is 10.9. The van der Waals surface area contributed by atoms with Gasteiger partial charge in [-0.05, 0) is 31.0 Å². The zero-order valence-electron chi connectivity index (χ0n) is 10.5. The lowest BCUT2D eigenvalue weighted by atomic mass is 10.1. The first kappa shape index (κ1) is 13.5. The Balaban J connectivity index is 2.49. The molecule has 2 N–H and O–H groups in total. The second kappa shape index (κ2) is 6.25. The molecule has 1 aromatic carbocycles. The van der Waals surface area contributed by atoms with Gasteiger partial charge in [0.25, 0.3) is 0 Å². The Morgan fingerprint density at radius 1 is 1.47 bits per heavy atom. The molecule has 17 heavy (non-hydrogen) atoms. The van der Waals surface area contributed by atoms with E-state index in [4.69, 9.17) is 0 Å². The summed E-state index contributed by atoms with van der Waals surface area (Å²) >= 11 is 0. The minimum atomic E-state index is -0.734. The number of esters is 1. The number of aliphatic hydroxyl groups is 1. The first-order valence-corrected chi connectivity index (χ1v) is 5.59. The third kappa shape index (κ3) is 4.44. The number of benzene rings is 1. The molecule has 1 unspecified atom stereocenters. The fourth-order valence-electron chi connectivity index (χ4n) is 1.50. The molecule has 0 amide bonds. The van der Waals surface area contributed by atoms with Crippen LogP contribution in [0.15, 0.2) is 18.2 Å². The lowest BCUT2D eigenvalue weighted by Crippen LogP contribution is -2.23. The monoisotopic (exact) mass is 237 g/mol. The average molecular weight is 237 g/mol. The van der Waals surface area contributed by atoms with Gasteiger partial charge in [-0.3, -0.25) is 4.79 Å². The van der Waals surface area contributed by atoms with Gasteiger partial charge in [-0.2, -0.15) is 0 Å². The van der Waals surface area contributed by atoms with Crippen LogP contribution in [0, 0.1) is 13.8 Å². The quantitative estimate of drug-likeness (QED) is 0.764. The molecule has 0 spiro atoms. The van der Waals surface area contributed by atoms with Gasteiger partial charge in [-0.1, -0.05) is 12.1 Å². The average Bonchev–Trinajstić information content (AvgIpc) is 2.30. The number of ether oxygens (including phenoxy) is 1. The highest BCUT2D eigenvalue weighted by Gasteiger charge is 2.10. The number of methoxy groups -OCH3 is 1. The van der Waals surface area contributed by atoms with Crippen molar-refractivity contribution in [1.29, 1.82) is 0 Å². The largest absolute Gasteiger partial charge is 0.469 e. The summed E-state index contributed by atoms with van der Waals surface area (Å²) in [6.45, 7) is 4.34. The van der Waals surface area contributed by atoms with Gasteiger partial charge in [0.1, 0.15) is 0 Å². The first-order valence-electron chi connectivity index (χ1n) is 5.59. The highest BCUT2D eigenvalue weighted by atomic mass is 16.5. The number of carbonyl (C=O) groups is 1. The van der Waals surface area contributed by atoms with Crippen LogP contribution in [0.5, 0.6) is 0 Å². The van der Waals surface area contributed by atoms with Gasteiger partial charge < -0.3 is 15.2 Å². The van der Waals surface area contributed by atoms with Crippen LogP contribution in [0.2, 0.25) is 0 Å². The van der Waals surface area contributed by atoms with Crippen LogP contribution in [0.25, 0.3) is 0 Å². The first-order chi connectivity index (χ1) is 8.02. The molecule has 1 aromatic rings. The molecule has 4 nitrogen and oxygen atoms in total. The van der Waals surface area contributed by atoms with E-state index in [9.17, 15) is 9.90 Å². The van der Waals surface area contributed by atoms with E-state index in [1.54, 1.807) is 0 Å². The zero-order chi connectivity index (χ0) is 12.8. The summed E-state index contributed by atoms with van der Waals surface area (Å²) in [6, 6.07) is 6.07. The molecule has 4 heteroatoms. The fraction of sp³-hybridized carbons (Fsp3) is 0.462. The molecular weight excluding hydrogens is 218 g/mol. The molecular formula is C13H19NO3. The highest BCUT2D eigenvalue weighted by molar-refractivity contribution is 5.69. The Kier molecular flexibility index (Phi) is 4.97. The predicted molar refractivity (Wildman–Crippen MR) is 67.0 cm³/mol. The van der Waals surface area contributed by atoms with E-state index >= 15 is 0 Å². The molecule has 0 bridgehead atoms.